The predicted molar refractivity (Wildman–Crippen MR) is 94.3 cm³/mol. The molecule has 0 aromatic heterocycles. The largest absolute Gasteiger partial charge is 0.296 e. The Morgan fingerprint density at radius 2 is 1.36 bits per heavy atom. The van der Waals surface area contributed by atoms with Crippen LogP contribution in [0.1, 0.15) is 26.2 Å². The number of nitrogens with zero attached hydrogens (tertiary/aromatic N) is 1. The van der Waals surface area contributed by atoms with Crippen LogP contribution in [0.5, 0.6) is 0 Å². The zero-order chi connectivity index (χ0) is 15.4. The van der Waals surface area contributed by atoms with Crippen molar-refractivity contribution in [1.82, 2.24) is 4.67 Å². The van der Waals surface area contributed by atoms with Crippen molar-refractivity contribution in [3.63, 3.8) is 0 Å². The molecule has 2 aromatic carbocycles. The van der Waals surface area contributed by atoms with Crippen LogP contribution in [-0.4, -0.2) is 17.8 Å². The molecule has 116 valence electrons. The van der Waals surface area contributed by atoms with Crippen LogP contribution in [-0.2, 0) is 4.57 Å². The van der Waals surface area contributed by atoms with Gasteiger partial charge in [-0.2, -0.15) is 0 Å². The van der Waals surface area contributed by atoms with Crippen LogP contribution < -0.4 is 10.6 Å². The van der Waals surface area contributed by atoms with Crippen LogP contribution in [0.4, 0.5) is 0 Å². The van der Waals surface area contributed by atoms with E-state index in [1.165, 1.54) is 6.42 Å². The van der Waals surface area contributed by atoms with E-state index in [9.17, 15) is 4.57 Å². The average molecular weight is 313 g/mol. The molecule has 0 unspecified atom stereocenters. The molecular formula is C19H24NOP. The molecule has 2 aromatic rings. The lowest BCUT2D eigenvalue weighted by Crippen LogP contribution is -2.38. The molecule has 0 aliphatic carbocycles. The third-order valence-electron chi connectivity index (χ3n) is 4.78. The van der Waals surface area contributed by atoms with Crippen LogP contribution in [0.15, 0.2) is 60.7 Å². The first kappa shape index (κ1) is 15.5. The molecule has 3 rings (SSSR count). The van der Waals surface area contributed by atoms with Crippen molar-refractivity contribution >= 4 is 17.9 Å². The van der Waals surface area contributed by atoms with E-state index in [4.69, 9.17) is 0 Å². The Bertz CT molecular complexity index is 589. The van der Waals surface area contributed by atoms with Gasteiger partial charge in [-0.05, 0) is 43.0 Å². The highest BCUT2D eigenvalue weighted by molar-refractivity contribution is 7.76. The summed E-state index contributed by atoms with van der Waals surface area (Å²) in [6.45, 7) is 4.12. The van der Waals surface area contributed by atoms with Gasteiger partial charge in [-0.1, -0.05) is 49.7 Å². The molecule has 1 aliphatic rings. The van der Waals surface area contributed by atoms with Gasteiger partial charge < -0.3 is 0 Å². The highest BCUT2D eigenvalue weighted by Crippen LogP contribution is 2.49. The quantitative estimate of drug-likeness (QED) is 0.794. The monoisotopic (exact) mass is 313 g/mol. The molecule has 0 bridgehead atoms. The third-order valence-corrected chi connectivity index (χ3v) is 7.97. The fourth-order valence-electron chi connectivity index (χ4n) is 3.35. The van der Waals surface area contributed by atoms with Crippen LogP contribution >= 0.6 is 7.29 Å². The standard InChI is InChI=1S/C19H24NOP/c1-2-17-13-15-20(16-14-17)22(21,18-9-5-3-6-10-18)19-11-7-4-8-12-19/h3-12,17H,2,13-16H2,1H3. The van der Waals surface area contributed by atoms with E-state index < -0.39 is 7.29 Å². The molecule has 0 radical (unpaired) electrons. The Kier molecular flexibility index (Phi) is 4.81. The van der Waals surface area contributed by atoms with Crippen molar-refractivity contribution in [2.75, 3.05) is 13.1 Å². The minimum atomic E-state index is -2.70. The molecule has 1 aliphatic heterocycles. The van der Waals surface area contributed by atoms with E-state index in [0.29, 0.717) is 0 Å². The van der Waals surface area contributed by atoms with Crippen LogP contribution in [0.25, 0.3) is 0 Å². The van der Waals surface area contributed by atoms with Gasteiger partial charge >= 0.3 is 0 Å². The van der Waals surface area contributed by atoms with E-state index in [-0.39, 0.29) is 0 Å². The second-order valence-corrected chi connectivity index (χ2v) is 8.80. The summed E-state index contributed by atoms with van der Waals surface area (Å²) in [6, 6.07) is 20.0. The molecule has 1 saturated heterocycles. The Labute approximate surface area is 133 Å². The normalized spacial score (nSPS) is 17.5. The summed E-state index contributed by atoms with van der Waals surface area (Å²) in [5.74, 6) is 0.788. The highest BCUT2D eigenvalue weighted by Gasteiger charge is 2.36. The van der Waals surface area contributed by atoms with Crippen molar-refractivity contribution in [2.24, 2.45) is 5.92 Å². The van der Waals surface area contributed by atoms with Gasteiger partial charge in [0.2, 0.25) is 7.29 Å². The van der Waals surface area contributed by atoms with E-state index in [0.717, 1.165) is 42.5 Å². The molecule has 0 amide bonds. The Morgan fingerprint density at radius 3 is 1.77 bits per heavy atom. The number of hydrogen-bond donors (Lipinski definition) is 0. The molecule has 0 atom stereocenters. The molecule has 22 heavy (non-hydrogen) atoms. The van der Waals surface area contributed by atoms with Gasteiger partial charge in [0, 0.05) is 23.7 Å². The molecule has 1 fully saturated rings. The van der Waals surface area contributed by atoms with E-state index in [2.05, 4.69) is 11.6 Å². The minimum absolute atomic E-state index is 0.788. The van der Waals surface area contributed by atoms with Gasteiger partial charge in [-0.15, -0.1) is 0 Å². The number of benzene rings is 2. The van der Waals surface area contributed by atoms with Crippen molar-refractivity contribution in [3.8, 4) is 0 Å². The molecule has 0 spiro atoms. The number of piperidine rings is 1. The van der Waals surface area contributed by atoms with Gasteiger partial charge in [0.15, 0.2) is 0 Å². The summed E-state index contributed by atoms with van der Waals surface area (Å²) < 4.78 is 16.3. The summed E-state index contributed by atoms with van der Waals surface area (Å²) in [5.41, 5.74) is 0. The van der Waals surface area contributed by atoms with Crippen LogP contribution in [0, 0.1) is 5.92 Å². The molecular weight excluding hydrogens is 289 g/mol. The smallest absolute Gasteiger partial charge is 0.207 e. The van der Waals surface area contributed by atoms with Crippen molar-refractivity contribution in [1.29, 1.82) is 0 Å². The number of rotatable bonds is 4. The summed E-state index contributed by atoms with van der Waals surface area (Å²) in [5, 5.41) is 1.91. The van der Waals surface area contributed by atoms with E-state index >= 15 is 0 Å². The maximum absolute atomic E-state index is 14.1. The third kappa shape index (κ3) is 2.91. The van der Waals surface area contributed by atoms with Crippen molar-refractivity contribution < 1.29 is 4.57 Å². The molecule has 2 nitrogen and oxygen atoms in total. The van der Waals surface area contributed by atoms with Gasteiger partial charge in [-0.3, -0.25) is 4.57 Å². The fourth-order valence-corrected chi connectivity index (χ4v) is 6.24. The lowest BCUT2D eigenvalue weighted by molar-refractivity contribution is 0.271. The zero-order valence-corrected chi connectivity index (χ0v) is 14.1. The van der Waals surface area contributed by atoms with Crippen molar-refractivity contribution in [3.05, 3.63) is 60.7 Å². The second kappa shape index (κ2) is 6.81. The Balaban J connectivity index is 2.00. The Morgan fingerprint density at radius 1 is 0.909 bits per heavy atom. The first-order valence-corrected chi connectivity index (χ1v) is 9.88. The van der Waals surface area contributed by atoms with Gasteiger partial charge in [-0.25, -0.2) is 4.67 Å². The van der Waals surface area contributed by atoms with Crippen LogP contribution in [0.3, 0.4) is 0 Å². The lowest BCUT2D eigenvalue weighted by Gasteiger charge is -2.37. The minimum Gasteiger partial charge on any atom is -0.296 e. The SMILES string of the molecule is CCC1CCN(P(=O)(c2ccccc2)c2ccccc2)CC1. The van der Waals surface area contributed by atoms with E-state index in [1.807, 2.05) is 60.7 Å². The average Bonchev–Trinajstić information content (AvgIpc) is 2.62. The number of hydrogen-bond acceptors (Lipinski definition) is 1. The highest BCUT2D eigenvalue weighted by atomic mass is 31.2. The van der Waals surface area contributed by atoms with Gasteiger partial charge in [0.1, 0.15) is 0 Å². The summed E-state index contributed by atoms with van der Waals surface area (Å²) in [4.78, 5) is 0. The maximum Gasteiger partial charge on any atom is 0.207 e. The predicted octanol–water partition coefficient (Wildman–Crippen LogP) is 4.04. The zero-order valence-electron chi connectivity index (χ0n) is 13.2. The van der Waals surface area contributed by atoms with Gasteiger partial charge in [0.25, 0.3) is 0 Å². The van der Waals surface area contributed by atoms with Crippen LogP contribution in [0.2, 0.25) is 0 Å². The molecule has 0 saturated carbocycles. The summed E-state index contributed by atoms with van der Waals surface area (Å²) >= 11 is 0. The summed E-state index contributed by atoms with van der Waals surface area (Å²) in [6.07, 6.45) is 3.54. The Hall–Kier alpha value is -1.37. The topological polar surface area (TPSA) is 20.3 Å². The van der Waals surface area contributed by atoms with Gasteiger partial charge in [0.05, 0.1) is 0 Å². The van der Waals surface area contributed by atoms with E-state index in [1.54, 1.807) is 0 Å². The molecule has 1 heterocycles. The summed E-state index contributed by atoms with van der Waals surface area (Å²) in [7, 11) is -2.70. The fraction of sp³-hybridized carbons (Fsp3) is 0.368. The lowest BCUT2D eigenvalue weighted by atomic mass is 9.96. The second-order valence-electron chi connectivity index (χ2n) is 6.05. The maximum atomic E-state index is 14.1. The first-order valence-electron chi connectivity index (χ1n) is 8.22. The molecule has 3 heteroatoms. The molecule has 0 N–H and O–H groups in total. The first-order chi connectivity index (χ1) is 10.7. The van der Waals surface area contributed by atoms with Crippen molar-refractivity contribution in [2.45, 2.75) is 26.2 Å².